The van der Waals surface area contributed by atoms with Gasteiger partial charge in [0.15, 0.2) is 0 Å². The van der Waals surface area contributed by atoms with Gasteiger partial charge in [0.2, 0.25) is 11.8 Å². The summed E-state index contributed by atoms with van der Waals surface area (Å²) in [5.41, 5.74) is 0. The van der Waals surface area contributed by atoms with Gasteiger partial charge in [0, 0.05) is 39.6 Å². The van der Waals surface area contributed by atoms with Crippen LogP contribution >= 0.6 is 24.8 Å². The van der Waals surface area contributed by atoms with Crippen molar-refractivity contribution >= 4 is 36.6 Å². The molecular weight excluding hydrogens is 375 g/mol. The van der Waals surface area contributed by atoms with Gasteiger partial charge in [-0.05, 0) is 50.6 Å². The first-order chi connectivity index (χ1) is 11.5. The summed E-state index contributed by atoms with van der Waals surface area (Å²) in [5.74, 6) is 1.48. The highest BCUT2D eigenvalue weighted by atomic mass is 35.5. The van der Waals surface area contributed by atoms with Crippen molar-refractivity contribution in [1.29, 1.82) is 0 Å². The number of hydrogen-bond donors (Lipinski definition) is 2. The summed E-state index contributed by atoms with van der Waals surface area (Å²) in [6.45, 7) is 6.63. The van der Waals surface area contributed by atoms with Crippen LogP contribution in [0, 0.1) is 11.8 Å². The monoisotopic (exact) mass is 410 g/mol. The summed E-state index contributed by atoms with van der Waals surface area (Å²) in [5, 5.41) is 6.59. The number of likely N-dealkylation sites (tertiary alicyclic amines) is 1. The van der Waals surface area contributed by atoms with E-state index in [1.807, 2.05) is 0 Å². The minimum Gasteiger partial charge on any atom is -0.353 e. The molecule has 1 atom stereocenters. The van der Waals surface area contributed by atoms with E-state index in [0.29, 0.717) is 24.8 Å². The van der Waals surface area contributed by atoms with Gasteiger partial charge in [-0.15, -0.1) is 24.8 Å². The molecule has 0 bridgehead atoms. The zero-order chi connectivity index (χ0) is 17.5. The van der Waals surface area contributed by atoms with Crippen molar-refractivity contribution < 1.29 is 9.59 Å². The van der Waals surface area contributed by atoms with Crippen LogP contribution in [0.25, 0.3) is 0 Å². The molecule has 2 aliphatic heterocycles. The van der Waals surface area contributed by atoms with Gasteiger partial charge in [0.25, 0.3) is 0 Å². The van der Waals surface area contributed by atoms with E-state index in [1.165, 1.54) is 12.8 Å². The predicted molar refractivity (Wildman–Crippen MR) is 110 cm³/mol. The number of nitrogens with one attached hydrogen (secondary N) is 2. The van der Waals surface area contributed by atoms with Gasteiger partial charge in [0.05, 0.1) is 6.54 Å². The van der Waals surface area contributed by atoms with E-state index in [-0.39, 0.29) is 42.7 Å². The van der Waals surface area contributed by atoms with E-state index in [1.54, 1.807) is 19.0 Å². The maximum atomic E-state index is 12.3. The Hall–Kier alpha value is -0.560. The largest absolute Gasteiger partial charge is 0.353 e. The zero-order valence-corrected chi connectivity index (χ0v) is 18.0. The third-order valence-electron chi connectivity index (χ3n) is 5.51. The van der Waals surface area contributed by atoms with Crippen molar-refractivity contribution in [2.45, 2.75) is 45.1 Å². The molecule has 0 spiro atoms. The predicted octanol–water partition coefficient (Wildman–Crippen LogP) is 1.52. The fourth-order valence-corrected chi connectivity index (χ4v) is 3.73. The van der Waals surface area contributed by atoms with Crippen molar-refractivity contribution in [3.63, 3.8) is 0 Å². The summed E-state index contributed by atoms with van der Waals surface area (Å²) >= 11 is 0. The summed E-state index contributed by atoms with van der Waals surface area (Å²) < 4.78 is 0. The standard InChI is InChI=1S/C18H34N4O2.2ClH/c1-14(15-4-8-19-9-5-15)12-17(23)20-16-6-10-22(11-7-16)13-18(24)21(2)3;;/h14-16,19H,4-13H2,1-3H3,(H,20,23);2*1H. The molecule has 0 radical (unpaired) electrons. The molecule has 1 unspecified atom stereocenters. The van der Waals surface area contributed by atoms with Crippen LogP contribution in [0.1, 0.15) is 39.0 Å². The molecule has 0 aromatic heterocycles. The number of piperidine rings is 2. The summed E-state index contributed by atoms with van der Waals surface area (Å²) in [4.78, 5) is 27.9. The normalized spacial score (nSPS) is 20.4. The van der Waals surface area contributed by atoms with Crippen LogP contribution in [-0.4, -0.2) is 74.5 Å². The van der Waals surface area contributed by atoms with Crippen molar-refractivity contribution in [3.05, 3.63) is 0 Å². The average Bonchev–Trinajstić information content (AvgIpc) is 2.57. The Morgan fingerprint density at radius 3 is 2.23 bits per heavy atom. The third-order valence-corrected chi connectivity index (χ3v) is 5.51. The quantitative estimate of drug-likeness (QED) is 0.696. The van der Waals surface area contributed by atoms with E-state index >= 15 is 0 Å². The Labute approximate surface area is 170 Å². The Bertz CT molecular complexity index is 423. The third kappa shape index (κ3) is 8.42. The number of amides is 2. The Balaban J connectivity index is 0.00000312. The van der Waals surface area contributed by atoms with Crippen LogP contribution in [-0.2, 0) is 9.59 Å². The second-order valence-electron chi connectivity index (χ2n) is 7.67. The van der Waals surface area contributed by atoms with E-state index < -0.39 is 0 Å². The van der Waals surface area contributed by atoms with Crippen molar-refractivity contribution in [3.8, 4) is 0 Å². The Kier molecular flexibility index (Phi) is 12.5. The number of carbonyl (C=O) groups excluding carboxylic acids is 2. The molecule has 2 amide bonds. The molecule has 2 saturated heterocycles. The maximum absolute atomic E-state index is 12.3. The average molecular weight is 411 g/mol. The molecule has 154 valence electrons. The highest BCUT2D eigenvalue weighted by Crippen LogP contribution is 2.24. The molecule has 2 rings (SSSR count). The SMILES string of the molecule is CC(CC(=O)NC1CCN(CC(=O)N(C)C)CC1)C1CCNCC1.Cl.Cl. The minimum absolute atomic E-state index is 0. The summed E-state index contributed by atoms with van der Waals surface area (Å²) in [6, 6.07) is 0.267. The molecule has 26 heavy (non-hydrogen) atoms. The summed E-state index contributed by atoms with van der Waals surface area (Å²) in [7, 11) is 3.58. The summed E-state index contributed by atoms with van der Waals surface area (Å²) in [6.07, 6.45) is 4.89. The van der Waals surface area contributed by atoms with Crippen molar-refractivity contribution in [2.75, 3.05) is 46.8 Å². The molecule has 2 N–H and O–H groups in total. The van der Waals surface area contributed by atoms with E-state index in [2.05, 4.69) is 22.5 Å². The molecule has 8 heteroatoms. The van der Waals surface area contributed by atoms with Gasteiger partial charge >= 0.3 is 0 Å². The van der Waals surface area contributed by atoms with Crippen LogP contribution in [0.15, 0.2) is 0 Å². The molecule has 2 aliphatic rings. The molecule has 2 heterocycles. The second-order valence-corrected chi connectivity index (χ2v) is 7.67. The first-order valence-electron chi connectivity index (χ1n) is 9.38. The highest BCUT2D eigenvalue weighted by Gasteiger charge is 2.25. The Morgan fingerprint density at radius 1 is 1.12 bits per heavy atom. The lowest BCUT2D eigenvalue weighted by molar-refractivity contribution is -0.130. The van der Waals surface area contributed by atoms with Gasteiger partial charge < -0.3 is 15.5 Å². The fourth-order valence-electron chi connectivity index (χ4n) is 3.73. The molecule has 6 nitrogen and oxygen atoms in total. The van der Waals surface area contributed by atoms with E-state index in [4.69, 9.17) is 0 Å². The number of carbonyl (C=O) groups is 2. The second kappa shape index (κ2) is 12.8. The topological polar surface area (TPSA) is 64.7 Å². The van der Waals surface area contributed by atoms with Crippen molar-refractivity contribution in [2.24, 2.45) is 11.8 Å². The number of halogens is 2. The van der Waals surface area contributed by atoms with Crippen LogP contribution < -0.4 is 10.6 Å². The lowest BCUT2D eigenvalue weighted by Crippen LogP contribution is -2.47. The lowest BCUT2D eigenvalue weighted by atomic mass is 9.84. The molecule has 2 fully saturated rings. The number of likely N-dealkylation sites (N-methyl/N-ethyl adjacent to an activating group) is 1. The van der Waals surface area contributed by atoms with Gasteiger partial charge in [-0.1, -0.05) is 6.92 Å². The minimum atomic E-state index is 0. The van der Waals surface area contributed by atoms with Crippen LogP contribution in [0.2, 0.25) is 0 Å². The lowest BCUT2D eigenvalue weighted by Gasteiger charge is -2.33. The first kappa shape index (κ1) is 25.4. The number of rotatable bonds is 6. The van der Waals surface area contributed by atoms with Gasteiger partial charge in [0.1, 0.15) is 0 Å². The van der Waals surface area contributed by atoms with E-state index in [9.17, 15) is 9.59 Å². The maximum Gasteiger partial charge on any atom is 0.236 e. The number of nitrogens with zero attached hydrogens (tertiary/aromatic N) is 2. The van der Waals surface area contributed by atoms with Gasteiger partial charge in [-0.2, -0.15) is 0 Å². The first-order valence-corrected chi connectivity index (χ1v) is 9.38. The fraction of sp³-hybridized carbons (Fsp3) is 0.889. The smallest absolute Gasteiger partial charge is 0.236 e. The van der Waals surface area contributed by atoms with Gasteiger partial charge in [-0.25, -0.2) is 0 Å². The van der Waals surface area contributed by atoms with Crippen LogP contribution in [0.4, 0.5) is 0 Å². The highest BCUT2D eigenvalue weighted by molar-refractivity contribution is 5.85. The van der Waals surface area contributed by atoms with Gasteiger partial charge in [-0.3, -0.25) is 14.5 Å². The Morgan fingerprint density at radius 2 is 1.69 bits per heavy atom. The zero-order valence-electron chi connectivity index (χ0n) is 16.3. The van der Waals surface area contributed by atoms with E-state index in [0.717, 1.165) is 39.0 Å². The molecule has 0 aromatic carbocycles. The van der Waals surface area contributed by atoms with Crippen LogP contribution in [0.5, 0.6) is 0 Å². The van der Waals surface area contributed by atoms with Crippen molar-refractivity contribution in [1.82, 2.24) is 20.4 Å². The number of hydrogen-bond acceptors (Lipinski definition) is 4. The molecule has 0 aromatic rings. The van der Waals surface area contributed by atoms with Crippen LogP contribution in [0.3, 0.4) is 0 Å². The molecular formula is C18H36Cl2N4O2. The molecule has 0 aliphatic carbocycles. The molecule has 0 saturated carbocycles.